The third-order valence-electron chi connectivity index (χ3n) is 4.81. The Kier molecular flexibility index (Phi) is 9.61. The molecule has 0 heterocycles. The predicted molar refractivity (Wildman–Crippen MR) is 126 cm³/mol. The molecule has 2 rings (SSSR count). The number of amides is 2. The van der Waals surface area contributed by atoms with Gasteiger partial charge in [-0.1, -0.05) is 13.8 Å². The number of methoxy groups -OCH3 is 1. The first kappa shape index (κ1) is 26.4. The van der Waals surface area contributed by atoms with Crippen molar-refractivity contribution in [1.29, 1.82) is 0 Å². The zero-order chi connectivity index (χ0) is 25.3. The van der Waals surface area contributed by atoms with Crippen molar-refractivity contribution in [2.24, 2.45) is 5.92 Å². The number of hydrogen-bond acceptors (Lipinski definition) is 7. The minimum atomic E-state index is -0.883. The van der Waals surface area contributed by atoms with Gasteiger partial charge in [-0.15, -0.1) is 0 Å². The molecule has 0 aliphatic carbocycles. The van der Waals surface area contributed by atoms with E-state index in [4.69, 9.17) is 14.2 Å². The van der Waals surface area contributed by atoms with Gasteiger partial charge in [0.1, 0.15) is 11.8 Å². The number of carbonyl (C=O) groups is 4. The van der Waals surface area contributed by atoms with Gasteiger partial charge in [-0.05, 0) is 62.2 Å². The van der Waals surface area contributed by atoms with Crippen molar-refractivity contribution in [2.75, 3.05) is 25.6 Å². The molecule has 0 fully saturated rings. The molecule has 0 bridgehead atoms. The van der Waals surface area contributed by atoms with Crippen LogP contribution >= 0.6 is 0 Å². The van der Waals surface area contributed by atoms with Crippen LogP contribution in [0.15, 0.2) is 42.5 Å². The van der Waals surface area contributed by atoms with Crippen LogP contribution in [0.5, 0.6) is 5.75 Å². The van der Waals surface area contributed by atoms with Crippen LogP contribution < -0.4 is 15.4 Å². The van der Waals surface area contributed by atoms with Crippen LogP contribution in [0, 0.1) is 5.92 Å². The van der Waals surface area contributed by atoms with Crippen molar-refractivity contribution < 1.29 is 33.4 Å². The van der Waals surface area contributed by atoms with Gasteiger partial charge in [0.2, 0.25) is 5.91 Å². The number of esters is 2. The fourth-order valence-electron chi connectivity index (χ4n) is 3.09. The van der Waals surface area contributed by atoms with Gasteiger partial charge in [0, 0.05) is 11.3 Å². The Morgan fingerprint density at radius 2 is 1.35 bits per heavy atom. The van der Waals surface area contributed by atoms with Crippen LogP contribution in [0.25, 0.3) is 0 Å². The number of anilines is 1. The average Bonchev–Trinajstić information content (AvgIpc) is 2.82. The Bertz CT molecular complexity index is 996. The second-order valence-electron chi connectivity index (χ2n) is 7.65. The van der Waals surface area contributed by atoms with Gasteiger partial charge in [0.25, 0.3) is 5.91 Å². The van der Waals surface area contributed by atoms with Gasteiger partial charge in [0.05, 0.1) is 31.5 Å². The third kappa shape index (κ3) is 7.06. The zero-order valence-corrected chi connectivity index (χ0v) is 20.0. The Labute approximate surface area is 198 Å². The lowest BCUT2D eigenvalue weighted by Crippen LogP contribution is -2.47. The molecule has 0 aromatic heterocycles. The van der Waals surface area contributed by atoms with E-state index in [1.54, 1.807) is 52.0 Å². The number of ether oxygens (including phenoxy) is 3. The van der Waals surface area contributed by atoms with Gasteiger partial charge < -0.3 is 24.8 Å². The van der Waals surface area contributed by atoms with E-state index in [-0.39, 0.29) is 35.9 Å². The lowest BCUT2D eigenvalue weighted by Gasteiger charge is -2.22. The molecule has 1 atom stereocenters. The highest BCUT2D eigenvalue weighted by Crippen LogP contribution is 2.19. The fourth-order valence-corrected chi connectivity index (χ4v) is 3.09. The molecule has 2 N–H and O–H groups in total. The molecule has 0 saturated carbocycles. The van der Waals surface area contributed by atoms with E-state index in [1.165, 1.54) is 25.3 Å². The molecule has 2 aromatic rings. The second kappa shape index (κ2) is 12.4. The van der Waals surface area contributed by atoms with E-state index < -0.39 is 29.8 Å². The maximum atomic E-state index is 13.1. The Hall–Kier alpha value is -3.88. The summed E-state index contributed by atoms with van der Waals surface area (Å²) in [5.74, 6) is -1.86. The number of hydrogen-bond donors (Lipinski definition) is 2. The summed E-state index contributed by atoms with van der Waals surface area (Å²) >= 11 is 0. The van der Waals surface area contributed by atoms with Crippen molar-refractivity contribution in [1.82, 2.24) is 5.32 Å². The summed E-state index contributed by atoms with van der Waals surface area (Å²) in [6.07, 6.45) is 0. The van der Waals surface area contributed by atoms with E-state index in [0.717, 1.165) is 0 Å². The smallest absolute Gasteiger partial charge is 0.338 e. The number of rotatable bonds is 10. The van der Waals surface area contributed by atoms with Gasteiger partial charge >= 0.3 is 11.9 Å². The fraction of sp³-hybridized carbons (Fsp3) is 0.360. The molecule has 0 unspecified atom stereocenters. The Morgan fingerprint density at radius 1 is 0.824 bits per heavy atom. The van der Waals surface area contributed by atoms with Gasteiger partial charge in [-0.2, -0.15) is 0 Å². The van der Waals surface area contributed by atoms with E-state index in [9.17, 15) is 19.2 Å². The van der Waals surface area contributed by atoms with Crippen LogP contribution in [0.1, 0.15) is 58.8 Å². The minimum Gasteiger partial charge on any atom is -0.497 e. The van der Waals surface area contributed by atoms with E-state index >= 15 is 0 Å². The summed E-state index contributed by atoms with van der Waals surface area (Å²) < 4.78 is 15.1. The first-order chi connectivity index (χ1) is 16.2. The summed E-state index contributed by atoms with van der Waals surface area (Å²) in [5, 5.41) is 5.41. The summed E-state index contributed by atoms with van der Waals surface area (Å²) in [7, 11) is 1.53. The summed E-state index contributed by atoms with van der Waals surface area (Å²) in [6, 6.07) is 9.76. The van der Waals surface area contributed by atoms with Crippen LogP contribution in [0.3, 0.4) is 0 Å². The highest BCUT2D eigenvalue weighted by Gasteiger charge is 2.26. The van der Waals surface area contributed by atoms with E-state index in [0.29, 0.717) is 11.3 Å². The predicted octanol–water partition coefficient (Wildman–Crippen LogP) is 3.44. The lowest BCUT2D eigenvalue weighted by molar-refractivity contribution is -0.118. The quantitative estimate of drug-likeness (QED) is 0.510. The molecule has 0 aliphatic heterocycles. The number of carbonyl (C=O) groups excluding carboxylic acids is 4. The minimum absolute atomic E-state index is 0.0890. The normalized spacial score (nSPS) is 11.4. The first-order valence-corrected chi connectivity index (χ1v) is 10.9. The highest BCUT2D eigenvalue weighted by atomic mass is 16.5. The van der Waals surface area contributed by atoms with Gasteiger partial charge in [-0.25, -0.2) is 9.59 Å². The Morgan fingerprint density at radius 3 is 1.79 bits per heavy atom. The van der Waals surface area contributed by atoms with Crippen LogP contribution in [-0.4, -0.2) is 50.1 Å². The van der Waals surface area contributed by atoms with Crippen LogP contribution in [0.4, 0.5) is 5.69 Å². The molecular formula is C25H30N2O7. The average molecular weight is 471 g/mol. The number of nitrogens with one attached hydrogen (secondary N) is 2. The van der Waals surface area contributed by atoms with Gasteiger partial charge in [-0.3, -0.25) is 9.59 Å². The van der Waals surface area contributed by atoms with E-state index in [2.05, 4.69) is 10.6 Å². The van der Waals surface area contributed by atoms with Crippen LogP contribution in [0.2, 0.25) is 0 Å². The summed E-state index contributed by atoms with van der Waals surface area (Å²) in [6.45, 7) is 7.20. The molecule has 9 heteroatoms. The monoisotopic (exact) mass is 470 g/mol. The van der Waals surface area contributed by atoms with Crippen LogP contribution in [-0.2, 0) is 14.3 Å². The standard InChI is InChI=1S/C25H30N2O7/c1-6-33-24(30)17-12-18(25(31)34-7-2)14-19(13-17)26-23(29)21(15(3)4)27-22(28)16-8-10-20(32-5)11-9-16/h8-15,21H,6-7H2,1-5H3,(H,26,29)(H,27,28)/t21-/m0/s1. The largest absolute Gasteiger partial charge is 0.497 e. The topological polar surface area (TPSA) is 120 Å². The maximum Gasteiger partial charge on any atom is 0.338 e. The van der Waals surface area contributed by atoms with Crippen molar-refractivity contribution in [3.63, 3.8) is 0 Å². The molecule has 2 aromatic carbocycles. The maximum absolute atomic E-state index is 13.1. The molecule has 9 nitrogen and oxygen atoms in total. The van der Waals surface area contributed by atoms with Crippen molar-refractivity contribution in [2.45, 2.75) is 33.7 Å². The molecule has 0 saturated heterocycles. The van der Waals surface area contributed by atoms with Crippen molar-refractivity contribution in [3.8, 4) is 5.75 Å². The Balaban J connectivity index is 2.27. The third-order valence-corrected chi connectivity index (χ3v) is 4.81. The van der Waals surface area contributed by atoms with E-state index in [1.807, 2.05) is 0 Å². The molecule has 182 valence electrons. The zero-order valence-electron chi connectivity index (χ0n) is 20.0. The SMILES string of the molecule is CCOC(=O)c1cc(NC(=O)[C@@H](NC(=O)c2ccc(OC)cc2)C(C)C)cc(C(=O)OCC)c1. The molecule has 0 spiro atoms. The highest BCUT2D eigenvalue weighted by molar-refractivity contribution is 6.03. The van der Waals surface area contributed by atoms with Crippen molar-refractivity contribution >= 4 is 29.4 Å². The molecule has 0 radical (unpaired) electrons. The summed E-state index contributed by atoms with van der Waals surface area (Å²) in [4.78, 5) is 50.3. The number of benzene rings is 2. The first-order valence-electron chi connectivity index (χ1n) is 10.9. The lowest BCUT2D eigenvalue weighted by atomic mass is 10.0. The molecular weight excluding hydrogens is 440 g/mol. The molecule has 2 amide bonds. The van der Waals surface area contributed by atoms with Gasteiger partial charge in [0.15, 0.2) is 0 Å². The summed E-state index contributed by atoms with van der Waals surface area (Å²) in [5.41, 5.74) is 0.744. The van der Waals surface area contributed by atoms with Crippen molar-refractivity contribution in [3.05, 3.63) is 59.2 Å². The second-order valence-corrected chi connectivity index (χ2v) is 7.65. The molecule has 0 aliphatic rings. The molecule has 34 heavy (non-hydrogen) atoms.